The summed E-state index contributed by atoms with van der Waals surface area (Å²) in [5.41, 5.74) is 0.737. The van der Waals surface area contributed by atoms with Crippen molar-refractivity contribution in [3.8, 4) is 0 Å². The number of halogens is 2. The van der Waals surface area contributed by atoms with Crippen LogP contribution in [0.1, 0.15) is 50.3 Å². The van der Waals surface area contributed by atoms with Gasteiger partial charge >= 0.3 is 0 Å². The van der Waals surface area contributed by atoms with Crippen molar-refractivity contribution >= 4 is 35.0 Å². The van der Waals surface area contributed by atoms with E-state index in [-0.39, 0.29) is 24.5 Å². The monoisotopic (exact) mass is 519 g/mol. The molecule has 1 heterocycles. The second-order valence-electron chi connectivity index (χ2n) is 9.53. The van der Waals surface area contributed by atoms with Gasteiger partial charge in [-0.25, -0.2) is 0 Å². The molecular weight excluding hydrogens is 485 g/mol. The first-order valence-electron chi connectivity index (χ1n) is 12.0. The maximum atomic E-state index is 13.7. The zero-order valence-corrected chi connectivity index (χ0v) is 22.1. The van der Waals surface area contributed by atoms with Gasteiger partial charge in [-0.15, -0.1) is 0 Å². The number of aliphatic hydroxyl groups excluding tert-OH is 1. The van der Waals surface area contributed by atoms with Crippen molar-refractivity contribution in [1.29, 1.82) is 0 Å². The van der Waals surface area contributed by atoms with Gasteiger partial charge in [-0.1, -0.05) is 59.6 Å². The van der Waals surface area contributed by atoms with E-state index in [0.29, 0.717) is 16.5 Å². The van der Waals surface area contributed by atoms with Gasteiger partial charge in [0.25, 0.3) is 0 Å². The van der Waals surface area contributed by atoms with Crippen molar-refractivity contribution in [2.75, 3.05) is 33.3 Å². The number of nitrogens with zero attached hydrogens (tertiary/aromatic N) is 2. The molecule has 0 aliphatic carbocycles. The normalized spacial score (nSPS) is 17.4. The van der Waals surface area contributed by atoms with Crippen LogP contribution in [0.5, 0.6) is 0 Å². The summed E-state index contributed by atoms with van der Waals surface area (Å²) in [7, 11) is 1.86. The number of likely N-dealkylation sites (tertiary alicyclic amines) is 1. The number of rotatable bonds is 9. The first-order chi connectivity index (χ1) is 16.7. The summed E-state index contributed by atoms with van der Waals surface area (Å²) in [6, 6.07) is 14.5. The fraction of sp³-hybridized carbons (Fsp3) is 0.481. The lowest BCUT2D eigenvalue weighted by Crippen LogP contribution is -2.48. The van der Waals surface area contributed by atoms with Gasteiger partial charge in [-0.05, 0) is 56.0 Å². The van der Waals surface area contributed by atoms with E-state index in [2.05, 4.69) is 10.2 Å². The van der Waals surface area contributed by atoms with Gasteiger partial charge in [0.1, 0.15) is 0 Å². The number of hydrogen-bond acceptors (Lipinski definition) is 4. The molecule has 6 nitrogen and oxygen atoms in total. The van der Waals surface area contributed by atoms with Crippen LogP contribution in [-0.2, 0) is 15.0 Å². The molecule has 2 aromatic carbocycles. The average Bonchev–Trinajstić information content (AvgIpc) is 2.87. The van der Waals surface area contributed by atoms with E-state index in [1.807, 2.05) is 55.3 Å². The number of carbonyl (C=O) groups excluding carboxylic acids is 2. The van der Waals surface area contributed by atoms with Gasteiger partial charge in [-0.2, -0.15) is 0 Å². The number of nitrogens with one attached hydrogen (secondary N) is 1. The predicted molar refractivity (Wildman–Crippen MR) is 141 cm³/mol. The van der Waals surface area contributed by atoms with E-state index in [4.69, 9.17) is 23.2 Å². The predicted octanol–water partition coefficient (Wildman–Crippen LogP) is 4.43. The van der Waals surface area contributed by atoms with E-state index in [1.165, 1.54) is 0 Å². The fourth-order valence-electron chi connectivity index (χ4n) is 4.63. The van der Waals surface area contributed by atoms with Gasteiger partial charge < -0.3 is 20.2 Å². The van der Waals surface area contributed by atoms with E-state index in [9.17, 15) is 14.7 Å². The topological polar surface area (TPSA) is 72.9 Å². The standard InChI is InChI=1S/C27H35Cl2N3O3/c1-19(34)31(3)22-11-14-32(15-12-22)16-13-27(2,21-9-10-23(28)24(29)17-21)26(35)30-25(18-33)20-7-5-4-6-8-20/h4-10,17,22,25,33H,11-16,18H2,1-3H3,(H,30,35). The summed E-state index contributed by atoms with van der Waals surface area (Å²) < 4.78 is 0. The molecule has 0 spiro atoms. The summed E-state index contributed by atoms with van der Waals surface area (Å²) in [4.78, 5) is 29.6. The third-order valence-corrected chi connectivity index (χ3v) is 8.02. The second-order valence-corrected chi connectivity index (χ2v) is 10.3. The van der Waals surface area contributed by atoms with Crippen LogP contribution in [0.25, 0.3) is 0 Å². The Morgan fingerprint density at radius 3 is 2.37 bits per heavy atom. The van der Waals surface area contributed by atoms with Crippen molar-refractivity contribution in [1.82, 2.24) is 15.1 Å². The largest absolute Gasteiger partial charge is 0.394 e. The molecule has 35 heavy (non-hydrogen) atoms. The number of aliphatic hydroxyl groups is 1. The molecule has 2 aromatic rings. The van der Waals surface area contributed by atoms with E-state index < -0.39 is 11.5 Å². The van der Waals surface area contributed by atoms with Crippen molar-refractivity contribution in [2.24, 2.45) is 0 Å². The minimum Gasteiger partial charge on any atom is -0.394 e. The summed E-state index contributed by atoms with van der Waals surface area (Å²) in [5.74, 6) is -0.0887. The molecule has 2 atom stereocenters. The Hall–Kier alpha value is -2.12. The van der Waals surface area contributed by atoms with Gasteiger partial charge in [0.05, 0.1) is 28.1 Å². The maximum Gasteiger partial charge on any atom is 0.230 e. The van der Waals surface area contributed by atoms with Crippen LogP contribution in [0.2, 0.25) is 10.0 Å². The molecular formula is C27H35Cl2N3O3. The lowest BCUT2D eigenvalue weighted by molar-refractivity contribution is -0.131. The molecule has 2 amide bonds. The van der Waals surface area contributed by atoms with E-state index in [0.717, 1.165) is 43.6 Å². The molecule has 1 saturated heterocycles. The first-order valence-corrected chi connectivity index (χ1v) is 12.8. The molecule has 1 aliphatic rings. The summed E-state index contributed by atoms with van der Waals surface area (Å²) in [6.45, 7) is 5.76. The van der Waals surface area contributed by atoms with Crippen LogP contribution < -0.4 is 5.32 Å². The highest BCUT2D eigenvalue weighted by Crippen LogP contribution is 2.34. The third-order valence-electron chi connectivity index (χ3n) is 7.28. The Kier molecular flexibility index (Phi) is 9.59. The molecule has 2 N–H and O–H groups in total. The summed E-state index contributed by atoms with van der Waals surface area (Å²) in [6.07, 6.45) is 2.38. The van der Waals surface area contributed by atoms with E-state index in [1.54, 1.807) is 19.1 Å². The molecule has 0 saturated carbocycles. The quantitative estimate of drug-likeness (QED) is 0.513. The van der Waals surface area contributed by atoms with Gasteiger partial charge in [0.2, 0.25) is 11.8 Å². The molecule has 0 radical (unpaired) electrons. The lowest BCUT2D eigenvalue weighted by Gasteiger charge is -2.38. The van der Waals surface area contributed by atoms with Gasteiger partial charge in [-0.3, -0.25) is 9.59 Å². The van der Waals surface area contributed by atoms with Crippen LogP contribution >= 0.6 is 23.2 Å². The Morgan fingerprint density at radius 1 is 1.14 bits per heavy atom. The second kappa shape index (κ2) is 12.2. The SMILES string of the molecule is CC(=O)N(C)C1CCN(CCC(C)(C(=O)NC(CO)c2ccccc2)c2ccc(Cl)c(Cl)c2)CC1. The van der Waals surface area contributed by atoms with Gasteiger partial charge in [0.15, 0.2) is 0 Å². The van der Waals surface area contributed by atoms with Crippen LogP contribution in [0.15, 0.2) is 48.5 Å². The molecule has 0 aromatic heterocycles. The average molecular weight is 521 g/mol. The summed E-state index contributed by atoms with van der Waals surface area (Å²) >= 11 is 12.5. The number of benzene rings is 2. The molecule has 8 heteroatoms. The molecule has 2 unspecified atom stereocenters. The minimum absolute atomic E-state index is 0.0872. The zero-order chi connectivity index (χ0) is 25.6. The third kappa shape index (κ3) is 6.76. The molecule has 3 rings (SSSR count). The number of hydrogen-bond donors (Lipinski definition) is 2. The van der Waals surface area contributed by atoms with Crippen LogP contribution in [0.3, 0.4) is 0 Å². The number of piperidine rings is 1. The summed E-state index contributed by atoms with van der Waals surface area (Å²) in [5, 5.41) is 13.9. The Balaban J connectivity index is 1.77. The highest BCUT2D eigenvalue weighted by Gasteiger charge is 2.37. The highest BCUT2D eigenvalue weighted by atomic mass is 35.5. The number of carbonyl (C=O) groups is 2. The molecule has 190 valence electrons. The Labute approximate surface area is 218 Å². The smallest absolute Gasteiger partial charge is 0.230 e. The zero-order valence-electron chi connectivity index (χ0n) is 20.6. The van der Waals surface area contributed by atoms with Crippen molar-refractivity contribution in [3.63, 3.8) is 0 Å². The van der Waals surface area contributed by atoms with Crippen molar-refractivity contribution in [3.05, 3.63) is 69.7 Å². The maximum absolute atomic E-state index is 13.7. The Morgan fingerprint density at radius 2 is 1.80 bits per heavy atom. The van der Waals surface area contributed by atoms with Crippen LogP contribution in [-0.4, -0.2) is 66.1 Å². The van der Waals surface area contributed by atoms with Crippen molar-refractivity contribution in [2.45, 2.75) is 50.6 Å². The molecule has 1 aliphatic heterocycles. The highest BCUT2D eigenvalue weighted by molar-refractivity contribution is 6.42. The van der Waals surface area contributed by atoms with Crippen LogP contribution in [0.4, 0.5) is 0 Å². The fourth-order valence-corrected chi connectivity index (χ4v) is 4.93. The lowest BCUT2D eigenvalue weighted by atomic mass is 9.78. The van der Waals surface area contributed by atoms with Gasteiger partial charge in [0, 0.05) is 33.1 Å². The molecule has 0 bridgehead atoms. The molecule has 1 fully saturated rings. The van der Waals surface area contributed by atoms with Crippen LogP contribution in [0, 0.1) is 0 Å². The number of amides is 2. The minimum atomic E-state index is -0.885. The first kappa shape index (κ1) is 27.5. The van der Waals surface area contributed by atoms with Crippen molar-refractivity contribution < 1.29 is 14.7 Å². The van der Waals surface area contributed by atoms with E-state index >= 15 is 0 Å². The Bertz CT molecular complexity index is 1010.